The third-order valence-electron chi connectivity index (χ3n) is 3.58. The number of carbonyl (C=O) groups is 2. The van der Waals surface area contributed by atoms with E-state index in [1.807, 2.05) is 38.1 Å². The van der Waals surface area contributed by atoms with E-state index in [-0.39, 0.29) is 23.8 Å². The quantitative estimate of drug-likeness (QED) is 0.665. The number of hydrogen-bond acceptors (Lipinski definition) is 4. The molecule has 2 N–H and O–H groups in total. The normalized spacial score (nSPS) is 10.3. The van der Waals surface area contributed by atoms with E-state index in [0.29, 0.717) is 11.6 Å². The number of hydrogen-bond donors (Lipinski definition) is 1. The molecule has 0 aliphatic carbocycles. The van der Waals surface area contributed by atoms with E-state index >= 15 is 0 Å². The zero-order valence-electron chi connectivity index (χ0n) is 13.6. The topological polar surface area (TPSA) is 72.6 Å². The van der Waals surface area contributed by atoms with Crippen molar-refractivity contribution in [2.45, 2.75) is 13.8 Å². The summed E-state index contributed by atoms with van der Waals surface area (Å²) in [5, 5.41) is 0.360. The van der Waals surface area contributed by atoms with Crippen LogP contribution in [0, 0.1) is 6.92 Å². The van der Waals surface area contributed by atoms with Crippen LogP contribution in [0.4, 0.5) is 11.4 Å². The van der Waals surface area contributed by atoms with E-state index in [4.69, 9.17) is 22.1 Å². The van der Waals surface area contributed by atoms with Crippen LogP contribution >= 0.6 is 11.6 Å². The number of halogens is 1. The lowest BCUT2D eigenvalue weighted by atomic mass is 10.2. The lowest BCUT2D eigenvalue weighted by molar-refractivity contribution is -0.121. The molecule has 0 atom stereocenters. The molecule has 0 saturated carbocycles. The lowest BCUT2D eigenvalue weighted by Gasteiger charge is -2.22. The first-order valence-corrected chi connectivity index (χ1v) is 7.90. The number of nitrogens with two attached hydrogens (primary N) is 1. The van der Waals surface area contributed by atoms with Gasteiger partial charge in [-0.25, -0.2) is 4.79 Å². The zero-order valence-corrected chi connectivity index (χ0v) is 14.3. The Kier molecular flexibility index (Phi) is 5.82. The van der Waals surface area contributed by atoms with Gasteiger partial charge in [0.2, 0.25) is 0 Å². The van der Waals surface area contributed by atoms with Crippen molar-refractivity contribution in [1.29, 1.82) is 0 Å². The number of para-hydroxylation sites is 1. The highest BCUT2D eigenvalue weighted by Crippen LogP contribution is 2.21. The van der Waals surface area contributed by atoms with Gasteiger partial charge >= 0.3 is 5.97 Å². The smallest absolute Gasteiger partial charge is 0.338 e. The van der Waals surface area contributed by atoms with Crippen LogP contribution < -0.4 is 10.6 Å². The van der Waals surface area contributed by atoms with Gasteiger partial charge in [-0.3, -0.25) is 4.79 Å². The number of esters is 1. The second kappa shape index (κ2) is 7.84. The number of anilines is 2. The summed E-state index contributed by atoms with van der Waals surface area (Å²) in [7, 11) is 0. The fourth-order valence-corrected chi connectivity index (χ4v) is 2.42. The molecule has 126 valence electrons. The van der Waals surface area contributed by atoms with Gasteiger partial charge in [-0.2, -0.15) is 0 Å². The fourth-order valence-electron chi connectivity index (χ4n) is 2.31. The Morgan fingerprint density at radius 2 is 1.92 bits per heavy atom. The Morgan fingerprint density at radius 1 is 1.21 bits per heavy atom. The van der Waals surface area contributed by atoms with E-state index in [1.165, 1.54) is 18.2 Å². The van der Waals surface area contributed by atoms with E-state index in [1.54, 1.807) is 4.90 Å². The highest BCUT2D eigenvalue weighted by molar-refractivity contribution is 6.33. The fraction of sp³-hybridized carbons (Fsp3) is 0.222. The number of ether oxygens (including phenoxy) is 1. The maximum Gasteiger partial charge on any atom is 0.338 e. The number of nitrogens with zero attached hydrogens (tertiary/aromatic N) is 1. The molecule has 5 nitrogen and oxygen atoms in total. The molecule has 0 aliphatic rings. The van der Waals surface area contributed by atoms with E-state index in [0.717, 1.165) is 11.3 Å². The molecule has 0 fully saturated rings. The molecule has 0 heterocycles. The molecule has 0 aliphatic heterocycles. The SMILES string of the molecule is CCN(C(=O)COC(=O)c1ccc(Cl)c(N)c1)c1ccccc1C. The first-order chi connectivity index (χ1) is 11.4. The van der Waals surface area contributed by atoms with Crippen LogP contribution in [0.5, 0.6) is 0 Å². The molecule has 0 radical (unpaired) electrons. The average Bonchev–Trinajstić information content (AvgIpc) is 2.57. The molecule has 6 heteroatoms. The Hall–Kier alpha value is -2.53. The summed E-state index contributed by atoms with van der Waals surface area (Å²) >= 11 is 5.82. The lowest BCUT2D eigenvalue weighted by Crippen LogP contribution is -2.35. The van der Waals surface area contributed by atoms with E-state index < -0.39 is 5.97 Å². The third-order valence-corrected chi connectivity index (χ3v) is 3.93. The van der Waals surface area contributed by atoms with Gasteiger partial charge in [0.25, 0.3) is 5.91 Å². The number of benzene rings is 2. The number of likely N-dealkylation sites (N-methyl/N-ethyl adjacent to an activating group) is 1. The van der Waals surface area contributed by atoms with E-state index in [9.17, 15) is 9.59 Å². The van der Waals surface area contributed by atoms with Crippen LogP contribution in [0.25, 0.3) is 0 Å². The molecule has 0 saturated heterocycles. The standard InChI is InChI=1S/C18H19ClN2O3/c1-3-21(16-7-5-4-6-12(16)2)17(22)11-24-18(23)13-8-9-14(19)15(20)10-13/h4-10H,3,11,20H2,1-2H3. The summed E-state index contributed by atoms with van der Waals surface area (Å²) in [6.07, 6.45) is 0. The molecule has 24 heavy (non-hydrogen) atoms. The predicted octanol–water partition coefficient (Wildman–Crippen LogP) is 3.44. The maximum atomic E-state index is 12.4. The highest BCUT2D eigenvalue weighted by atomic mass is 35.5. The van der Waals surface area contributed by atoms with Gasteiger partial charge in [-0.1, -0.05) is 29.8 Å². The number of nitrogen functional groups attached to an aromatic ring is 1. The highest BCUT2D eigenvalue weighted by Gasteiger charge is 2.18. The summed E-state index contributed by atoms with van der Waals surface area (Å²) in [6.45, 7) is 3.93. The van der Waals surface area contributed by atoms with E-state index in [2.05, 4.69) is 0 Å². The van der Waals surface area contributed by atoms with Gasteiger partial charge < -0.3 is 15.4 Å². The predicted molar refractivity (Wildman–Crippen MR) is 95.4 cm³/mol. The minimum atomic E-state index is -0.618. The monoisotopic (exact) mass is 346 g/mol. The third kappa shape index (κ3) is 4.06. The van der Waals surface area contributed by atoms with Gasteiger partial charge in [0, 0.05) is 12.2 Å². The maximum absolute atomic E-state index is 12.4. The van der Waals surface area contributed by atoms with Crippen molar-refractivity contribution in [3.8, 4) is 0 Å². The summed E-state index contributed by atoms with van der Waals surface area (Å²) in [5.74, 6) is -0.908. The van der Waals surface area contributed by atoms with Crippen molar-refractivity contribution < 1.29 is 14.3 Å². The molecule has 2 aromatic rings. The van der Waals surface area contributed by atoms with Gasteiger partial charge in [-0.15, -0.1) is 0 Å². The molecule has 1 amide bonds. The molecule has 0 bridgehead atoms. The Bertz CT molecular complexity index is 762. The Morgan fingerprint density at radius 3 is 2.54 bits per heavy atom. The Labute approximate surface area is 146 Å². The first kappa shape index (κ1) is 17.8. The minimum Gasteiger partial charge on any atom is -0.452 e. The summed E-state index contributed by atoms with van der Waals surface area (Å²) in [6, 6.07) is 12.0. The minimum absolute atomic E-state index is 0.253. The van der Waals surface area contributed by atoms with Crippen LogP contribution in [0.3, 0.4) is 0 Å². The molecule has 0 spiro atoms. The first-order valence-electron chi connectivity index (χ1n) is 7.52. The number of aryl methyl sites for hydroxylation is 1. The number of carbonyl (C=O) groups excluding carboxylic acids is 2. The second-order valence-electron chi connectivity index (χ2n) is 5.24. The van der Waals surface area contributed by atoms with Crippen molar-refractivity contribution in [1.82, 2.24) is 0 Å². The molecule has 0 unspecified atom stereocenters. The molecule has 2 rings (SSSR count). The zero-order chi connectivity index (χ0) is 17.7. The molecule has 0 aromatic heterocycles. The summed E-state index contributed by atoms with van der Waals surface area (Å²) < 4.78 is 5.10. The van der Waals surface area contributed by atoms with Crippen molar-refractivity contribution in [3.05, 3.63) is 58.6 Å². The molecular weight excluding hydrogens is 328 g/mol. The second-order valence-corrected chi connectivity index (χ2v) is 5.64. The molecular formula is C18H19ClN2O3. The van der Waals surface area contributed by atoms with Crippen LogP contribution in [0.15, 0.2) is 42.5 Å². The summed E-state index contributed by atoms with van der Waals surface area (Å²) in [5.41, 5.74) is 7.98. The Balaban J connectivity index is 2.04. The summed E-state index contributed by atoms with van der Waals surface area (Å²) in [4.78, 5) is 26.0. The van der Waals surface area contributed by atoms with Gasteiger partial charge in [0.05, 0.1) is 16.3 Å². The molecule has 2 aromatic carbocycles. The van der Waals surface area contributed by atoms with Crippen molar-refractivity contribution in [3.63, 3.8) is 0 Å². The van der Waals surface area contributed by atoms with Crippen LogP contribution in [0.1, 0.15) is 22.8 Å². The van der Waals surface area contributed by atoms with Crippen LogP contribution in [-0.2, 0) is 9.53 Å². The van der Waals surface area contributed by atoms with Crippen LogP contribution in [0.2, 0.25) is 5.02 Å². The van der Waals surface area contributed by atoms with Crippen molar-refractivity contribution in [2.24, 2.45) is 0 Å². The average molecular weight is 347 g/mol. The van der Waals surface area contributed by atoms with Crippen molar-refractivity contribution >= 4 is 34.9 Å². The number of amides is 1. The van der Waals surface area contributed by atoms with Gasteiger partial charge in [0.1, 0.15) is 0 Å². The van der Waals surface area contributed by atoms with Crippen LogP contribution in [-0.4, -0.2) is 25.0 Å². The number of rotatable bonds is 5. The largest absolute Gasteiger partial charge is 0.452 e. The van der Waals surface area contributed by atoms with Crippen molar-refractivity contribution in [2.75, 3.05) is 23.8 Å². The van der Waals surface area contributed by atoms with Gasteiger partial charge in [-0.05, 0) is 43.7 Å². The van der Waals surface area contributed by atoms with Gasteiger partial charge in [0.15, 0.2) is 6.61 Å².